The summed E-state index contributed by atoms with van der Waals surface area (Å²) in [6, 6.07) is 17.5. The van der Waals surface area contributed by atoms with Crippen LogP contribution in [0.15, 0.2) is 76.4 Å². The lowest BCUT2D eigenvalue weighted by Crippen LogP contribution is -2.15. The minimum Gasteiger partial charge on any atom is -0.431 e. The van der Waals surface area contributed by atoms with E-state index in [1.807, 2.05) is 36.4 Å². The standard InChI is InChI=1S/C21H14F2N2O2S/c22-14-9-10-17(16(23)11-14)24-20(26)15-6-2-1-5-13(15)12-28-21-25-18-7-3-4-8-19(18)27-21/h1-11H,12H2,(H,24,26). The maximum absolute atomic E-state index is 13.8. The largest absolute Gasteiger partial charge is 0.431 e. The number of anilines is 1. The molecule has 0 bridgehead atoms. The third kappa shape index (κ3) is 3.89. The van der Waals surface area contributed by atoms with E-state index in [1.165, 1.54) is 17.8 Å². The van der Waals surface area contributed by atoms with Crippen molar-refractivity contribution in [3.8, 4) is 0 Å². The van der Waals surface area contributed by atoms with Crippen LogP contribution in [0.25, 0.3) is 11.1 Å². The van der Waals surface area contributed by atoms with E-state index in [4.69, 9.17) is 4.42 Å². The van der Waals surface area contributed by atoms with Gasteiger partial charge in [-0.05, 0) is 35.9 Å². The highest BCUT2D eigenvalue weighted by atomic mass is 32.2. The van der Waals surface area contributed by atoms with Crippen LogP contribution < -0.4 is 5.32 Å². The van der Waals surface area contributed by atoms with Gasteiger partial charge in [-0.1, -0.05) is 42.1 Å². The molecule has 0 atom stereocenters. The second-order valence-corrected chi connectivity index (χ2v) is 6.90. The molecule has 0 fully saturated rings. The minimum absolute atomic E-state index is 0.0761. The highest BCUT2D eigenvalue weighted by Crippen LogP contribution is 2.27. The molecule has 0 aliphatic heterocycles. The van der Waals surface area contributed by atoms with Gasteiger partial charge in [0.2, 0.25) is 0 Å². The highest BCUT2D eigenvalue weighted by Gasteiger charge is 2.15. The van der Waals surface area contributed by atoms with Crippen molar-refractivity contribution in [2.75, 3.05) is 5.32 Å². The predicted octanol–water partition coefficient (Wildman–Crippen LogP) is 5.65. The van der Waals surface area contributed by atoms with Crippen molar-refractivity contribution in [3.63, 3.8) is 0 Å². The number of carbonyl (C=O) groups excluding carboxylic acids is 1. The van der Waals surface area contributed by atoms with Gasteiger partial charge in [0.25, 0.3) is 11.1 Å². The number of hydrogen-bond donors (Lipinski definition) is 1. The van der Waals surface area contributed by atoms with Crippen LogP contribution in [0.1, 0.15) is 15.9 Å². The number of halogens is 2. The summed E-state index contributed by atoms with van der Waals surface area (Å²) in [6.45, 7) is 0. The Hall–Kier alpha value is -3.19. The number of para-hydroxylation sites is 2. The second kappa shape index (κ2) is 7.82. The highest BCUT2D eigenvalue weighted by molar-refractivity contribution is 7.98. The van der Waals surface area contributed by atoms with Crippen LogP contribution in [0.2, 0.25) is 0 Å². The van der Waals surface area contributed by atoms with Gasteiger partial charge in [0.1, 0.15) is 17.2 Å². The number of benzene rings is 3. The maximum atomic E-state index is 13.8. The zero-order chi connectivity index (χ0) is 19.5. The van der Waals surface area contributed by atoms with Crippen LogP contribution in [0.3, 0.4) is 0 Å². The number of rotatable bonds is 5. The first-order chi connectivity index (χ1) is 13.6. The summed E-state index contributed by atoms with van der Waals surface area (Å²) in [5.41, 5.74) is 2.53. The summed E-state index contributed by atoms with van der Waals surface area (Å²) >= 11 is 1.36. The van der Waals surface area contributed by atoms with E-state index in [1.54, 1.807) is 12.1 Å². The smallest absolute Gasteiger partial charge is 0.257 e. The number of hydrogen-bond acceptors (Lipinski definition) is 4. The summed E-state index contributed by atoms with van der Waals surface area (Å²) in [7, 11) is 0. The van der Waals surface area contributed by atoms with Crippen molar-refractivity contribution < 1.29 is 18.0 Å². The third-order valence-electron chi connectivity index (χ3n) is 4.07. The molecule has 140 valence electrons. The first-order valence-corrected chi connectivity index (χ1v) is 9.41. The molecule has 4 nitrogen and oxygen atoms in total. The number of aromatic nitrogens is 1. The lowest BCUT2D eigenvalue weighted by molar-refractivity contribution is 0.102. The Balaban J connectivity index is 1.52. The third-order valence-corrected chi connectivity index (χ3v) is 4.94. The molecule has 0 saturated heterocycles. The number of nitrogens with zero attached hydrogens (tertiary/aromatic N) is 1. The summed E-state index contributed by atoms with van der Waals surface area (Å²) in [5, 5.41) is 2.99. The zero-order valence-corrected chi connectivity index (χ0v) is 15.3. The summed E-state index contributed by atoms with van der Waals surface area (Å²) < 4.78 is 32.5. The van der Waals surface area contributed by atoms with E-state index >= 15 is 0 Å². The summed E-state index contributed by atoms with van der Waals surface area (Å²) in [4.78, 5) is 17.0. The Labute approximate surface area is 163 Å². The van der Waals surface area contributed by atoms with Gasteiger partial charge in [0, 0.05) is 17.4 Å². The molecule has 0 aliphatic carbocycles. The molecule has 4 aromatic rings. The van der Waals surface area contributed by atoms with Crippen LogP contribution >= 0.6 is 11.8 Å². The van der Waals surface area contributed by atoms with Crippen molar-refractivity contribution in [2.24, 2.45) is 0 Å². The maximum Gasteiger partial charge on any atom is 0.257 e. The van der Waals surface area contributed by atoms with Gasteiger partial charge < -0.3 is 9.73 Å². The minimum atomic E-state index is -0.827. The second-order valence-electron chi connectivity index (χ2n) is 5.97. The molecule has 1 aromatic heterocycles. The molecular formula is C21H14F2N2O2S. The van der Waals surface area contributed by atoms with Gasteiger partial charge in [-0.3, -0.25) is 4.79 Å². The molecule has 1 amide bonds. The fourth-order valence-corrected chi connectivity index (χ4v) is 3.54. The molecule has 0 radical (unpaired) electrons. The molecule has 1 N–H and O–H groups in total. The molecular weight excluding hydrogens is 382 g/mol. The van der Waals surface area contributed by atoms with E-state index in [-0.39, 0.29) is 5.69 Å². The molecule has 0 saturated carbocycles. The lowest BCUT2D eigenvalue weighted by Gasteiger charge is -2.10. The quantitative estimate of drug-likeness (QED) is 0.443. The lowest BCUT2D eigenvalue weighted by atomic mass is 10.1. The average Bonchev–Trinajstić information content (AvgIpc) is 3.12. The molecule has 7 heteroatoms. The molecule has 4 rings (SSSR count). The van der Waals surface area contributed by atoms with Crippen LogP contribution in [-0.2, 0) is 5.75 Å². The van der Waals surface area contributed by atoms with Gasteiger partial charge in [-0.2, -0.15) is 0 Å². The topological polar surface area (TPSA) is 55.1 Å². The van der Waals surface area contributed by atoms with Gasteiger partial charge >= 0.3 is 0 Å². The molecule has 0 aliphatic rings. The van der Waals surface area contributed by atoms with E-state index in [0.717, 1.165) is 23.2 Å². The Morgan fingerprint density at radius 1 is 1.04 bits per heavy atom. The molecule has 28 heavy (non-hydrogen) atoms. The van der Waals surface area contributed by atoms with Crippen LogP contribution in [0.4, 0.5) is 14.5 Å². The van der Waals surface area contributed by atoms with Crippen LogP contribution in [-0.4, -0.2) is 10.9 Å². The number of nitrogens with one attached hydrogen (secondary N) is 1. The number of fused-ring (bicyclic) bond motifs is 1. The van der Waals surface area contributed by atoms with Gasteiger partial charge in [0.05, 0.1) is 5.69 Å². The van der Waals surface area contributed by atoms with Gasteiger partial charge in [-0.25, -0.2) is 13.8 Å². The van der Waals surface area contributed by atoms with Crippen molar-refractivity contribution in [3.05, 3.63) is 89.5 Å². The predicted molar refractivity (Wildman–Crippen MR) is 104 cm³/mol. The number of amides is 1. The van der Waals surface area contributed by atoms with Crippen molar-refractivity contribution in [2.45, 2.75) is 11.0 Å². The summed E-state index contributed by atoms with van der Waals surface area (Å²) in [6.07, 6.45) is 0. The fourth-order valence-electron chi connectivity index (χ4n) is 2.70. The number of thioether (sulfide) groups is 1. The van der Waals surface area contributed by atoms with E-state index in [0.29, 0.717) is 22.1 Å². The average molecular weight is 396 g/mol. The van der Waals surface area contributed by atoms with Crippen molar-refractivity contribution in [1.29, 1.82) is 0 Å². The first kappa shape index (κ1) is 18.2. The number of oxazole rings is 1. The Morgan fingerprint density at radius 3 is 2.64 bits per heavy atom. The monoisotopic (exact) mass is 396 g/mol. The van der Waals surface area contributed by atoms with Crippen molar-refractivity contribution >= 4 is 34.5 Å². The Bertz CT molecular complexity index is 1130. The Kier molecular flexibility index (Phi) is 5.08. The molecule has 0 unspecified atom stereocenters. The van der Waals surface area contributed by atoms with E-state index in [2.05, 4.69) is 10.3 Å². The van der Waals surface area contributed by atoms with Crippen LogP contribution in [0.5, 0.6) is 0 Å². The van der Waals surface area contributed by atoms with Crippen molar-refractivity contribution in [1.82, 2.24) is 4.98 Å². The SMILES string of the molecule is O=C(Nc1ccc(F)cc1F)c1ccccc1CSc1nc2ccccc2o1. The van der Waals surface area contributed by atoms with E-state index in [9.17, 15) is 13.6 Å². The van der Waals surface area contributed by atoms with E-state index < -0.39 is 17.5 Å². The van der Waals surface area contributed by atoms with Crippen LogP contribution in [0, 0.1) is 11.6 Å². The Morgan fingerprint density at radius 2 is 1.82 bits per heavy atom. The number of carbonyl (C=O) groups is 1. The normalized spacial score (nSPS) is 10.9. The first-order valence-electron chi connectivity index (χ1n) is 8.43. The van der Waals surface area contributed by atoms with Gasteiger partial charge in [0.15, 0.2) is 5.58 Å². The molecule has 3 aromatic carbocycles. The molecule has 1 heterocycles. The fraction of sp³-hybridized carbons (Fsp3) is 0.0476. The van der Waals surface area contributed by atoms with Gasteiger partial charge in [-0.15, -0.1) is 0 Å². The molecule has 0 spiro atoms. The summed E-state index contributed by atoms with van der Waals surface area (Å²) in [5.74, 6) is -1.56. The zero-order valence-electron chi connectivity index (χ0n) is 14.5.